The average molecular weight is 376 g/mol. The normalized spacial score (nSPS) is 11.9. The predicted molar refractivity (Wildman–Crippen MR) is 120 cm³/mol. The van der Waals surface area contributed by atoms with E-state index in [0.717, 1.165) is 24.2 Å². The van der Waals surface area contributed by atoms with Crippen molar-refractivity contribution in [2.45, 2.75) is 118 Å². The Balaban J connectivity index is 2.25. The van der Waals surface area contributed by atoms with Crippen LogP contribution in [-0.4, -0.2) is 11.7 Å². The Morgan fingerprint density at radius 1 is 0.852 bits per heavy atom. The molecule has 0 radical (unpaired) electrons. The fourth-order valence-electron chi connectivity index (χ4n) is 3.81. The molecule has 0 bridgehead atoms. The Morgan fingerprint density at radius 3 is 1.89 bits per heavy atom. The van der Waals surface area contributed by atoms with Crippen LogP contribution in [0.3, 0.4) is 0 Å². The summed E-state index contributed by atoms with van der Waals surface area (Å²) in [5.41, 5.74) is 4.60. The lowest BCUT2D eigenvalue weighted by Crippen LogP contribution is -2.18. The van der Waals surface area contributed by atoms with Gasteiger partial charge >= 0.3 is 0 Å². The monoisotopic (exact) mass is 375 g/mol. The highest BCUT2D eigenvalue weighted by atomic mass is 16.3. The summed E-state index contributed by atoms with van der Waals surface area (Å²) in [5.74, 6) is 0.476. The van der Waals surface area contributed by atoms with Crippen LogP contribution in [0.4, 0.5) is 0 Å². The summed E-state index contributed by atoms with van der Waals surface area (Å²) >= 11 is 0. The highest BCUT2D eigenvalue weighted by Gasteiger charge is 2.21. The molecule has 0 aliphatic carbocycles. The van der Waals surface area contributed by atoms with Crippen molar-refractivity contribution in [3.8, 4) is 5.75 Å². The van der Waals surface area contributed by atoms with Crippen molar-refractivity contribution in [3.63, 3.8) is 0 Å². The molecular weight excluding hydrogens is 330 g/mol. The minimum absolute atomic E-state index is 0.0262. The van der Waals surface area contributed by atoms with Gasteiger partial charge in [-0.05, 0) is 54.5 Å². The fraction of sp³-hybridized carbons (Fsp3) is 0.760. The molecule has 2 nitrogen and oxygen atoms in total. The maximum atomic E-state index is 10.6. The number of phenols is 1. The molecule has 27 heavy (non-hydrogen) atoms. The van der Waals surface area contributed by atoms with Gasteiger partial charge in [0.15, 0.2) is 0 Å². The Kier molecular flexibility index (Phi) is 11.1. The first-order valence-electron chi connectivity index (χ1n) is 11.3. The topological polar surface area (TPSA) is 32.3 Å². The van der Waals surface area contributed by atoms with Crippen LogP contribution in [-0.2, 0) is 12.0 Å². The summed E-state index contributed by atoms with van der Waals surface area (Å²) in [6, 6.07) is 2.17. The molecular formula is C25H45NO. The highest BCUT2D eigenvalue weighted by molar-refractivity contribution is 5.51. The summed E-state index contributed by atoms with van der Waals surface area (Å²) < 4.78 is 0. The molecule has 156 valence electrons. The Bertz CT molecular complexity index is 542. The van der Waals surface area contributed by atoms with Gasteiger partial charge in [-0.2, -0.15) is 0 Å². The number of hydrogen-bond donors (Lipinski definition) is 2. The molecule has 0 heterocycles. The average Bonchev–Trinajstić information content (AvgIpc) is 2.60. The zero-order valence-corrected chi connectivity index (χ0v) is 19.0. The molecule has 2 heteroatoms. The Hall–Kier alpha value is -1.02. The molecule has 0 atom stereocenters. The molecule has 0 amide bonds. The van der Waals surface area contributed by atoms with Crippen molar-refractivity contribution in [2.24, 2.45) is 0 Å². The number of benzene rings is 1. The van der Waals surface area contributed by atoms with E-state index in [4.69, 9.17) is 0 Å². The molecule has 1 aromatic carbocycles. The van der Waals surface area contributed by atoms with Crippen LogP contribution < -0.4 is 5.32 Å². The SMILES string of the molecule is CCCCCCCCCCCCNCc1c(C)cc(C(C)(C)C)c(O)c1C. The minimum Gasteiger partial charge on any atom is -0.507 e. The van der Waals surface area contributed by atoms with Crippen molar-refractivity contribution in [1.29, 1.82) is 0 Å². The van der Waals surface area contributed by atoms with Gasteiger partial charge in [-0.3, -0.25) is 0 Å². The van der Waals surface area contributed by atoms with E-state index >= 15 is 0 Å². The number of unbranched alkanes of at least 4 members (excludes halogenated alkanes) is 9. The summed E-state index contributed by atoms with van der Waals surface area (Å²) in [6.07, 6.45) is 13.8. The maximum absolute atomic E-state index is 10.6. The Labute approximate surface area is 169 Å². The summed E-state index contributed by atoms with van der Waals surface area (Å²) in [6.45, 7) is 14.9. The van der Waals surface area contributed by atoms with E-state index in [1.165, 1.54) is 75.3 Å². The van der Waals surface area contributed by atoms with Crippen LogP contribution in [0.15, 0.2) is 6.07 Å². The van der Waals surface area contributed by atoms with E-state index < -0.39 is 0 Å². The van der Waals surface area contributed by atoms with Gasteiger partial charge in [-0.25, -0.2) is 0 Å². The van der Waals surface area contributed by atoms with Crippen LogP contribution in [0.5, 0.6) is 5.75 Å². The molecule has 0 spiro atoms. The lowest BCUT2D eigenvalue weighted by Gasteiger charge is -2.24. The van der Waals surface area contributed by atoms with Crippen molar-refractivity contribution >= 4 is 0 Å². The van der Waals surface area contributed by atoms with E-state index in [-0.39, 0.29) is 5.41 Å². The van der Waals surface area contributed by atoms with Gasteiger partial charge in [0.2, 0.25) is 0 Å². The summed E-state index contributed by atoms with van der Waals surface area (Å²) in [4.78, 5) is 0. The van der Waals surface area contributed by atoms with Crippen molar-refractivity contribution in [3.05, 3.63) is 28.3 Å². The molecule has 0 fully saturated rings. The largest absolute Gasteiger partial charge is 0.507 e. The lowest BCUT2D eigenvalue weighted by molar-refractivity contribution is 0.441. The molecule has 0 aliphatic rings. The molecule has 1 aromatic rings. The number of aryl methyl sites for hydroxylation is 1. The number of nitrogens with one attached hydrogen (secondary N) is 1. The highest BCUT2D eigenvalue weighted by Crippen LogP contribution is 2.36. The number of rotatable bonds is 13. The maximum Gasteiger partial charge on any atom is 0.122 e. The van der Waals surface area contributed by atoms with E-state index in [2.05, 4.69) is 52.9 Å². The zero-order valence-electron chi connectivity index (χ0n) is 19.0. The molecule has 0 saturated carbocycles. The van der Waals surface area contributed by atoms with E-state index in [9.17, 15) is 5.11 Å². The second-order valence-corrected chi connectivity index (χ2v) is 9.30. The van der Waals surface area contributed by atoms with E-state index in [1.54, 1.807) is 0 Å². The van der Waals surface area contributed by atoms with Crippen LogP contribution in [0.25, 0.3) is 0 Å². The zero-order chi connectivity index (χ0) is 20.3. The predicted octanol–water partition coefficient (Wildman–Crippen LogP) is 7.32. The number of hydrogen-bond acceptors (Lipinski definition) is 2. The standard InChI is InChI=1S/C25H45NO/c1-7-8-9-10-11-12-13-14-15-16-17-26-19-22-20(2)18-23(25(4,5)6)24(27)21(22)3/h18,26-27H,7-17,19H2,1-6H3. The number of phenolic OH excluding ortho intramolecular Hbond substituents is 1. The van der Waals surface area contributed by atoms with Crippen LogP contribution in [0.2, 0.25) is 0 Å². The quantitative estimate of drug-likeness (QED) is 0.354. The molecule has 0 unspecified atom stereocenters. The first kappa shape index (κ1) is 24.0. The first-order chi connectivity index (χ1) is 12.8. The third kappa shape index (κ3) is 8.68. The van der Waals surface area contributed by atoms with Gasteiger partial charge in [0, 0.05) is 6.54 Å². The van der Waals surface area contributed by atoms with Gasteiger partial charge in [-0.1, -0.05) is 91.5 Å². The van der Waals surface area contributed by atoms with E-state index in [0.29, 0.717) is 5.75 Å². The molecule has 0 aromatic heterocycles. The fourth-order valence-corrected chi connectivity index (χ4v) is 3.81. The Morgan fingerprint density at radius 2 is 1.37 bits per heavy atom. The molecule has 0 aliphatic heterocycles. The minimum atomic E-state index is -0.0262. The van der Waals surface area contributed by atoms with Gasteiger partial charge in [0.1, 0.15) is 5.75 Å². The molecule has 2 N–H and O–H groups in total. The number of aromatic hydroxyl groups is 1. The van der Waals surface area contributed by atoms with Gasteiger partial charge < -0.3 is 10.4 Å². The molecule has 1 rings (SSSR count). The van der Waals surface area contributed by atoms with E-state index in [1.807, 2.05) is 0 Å². The second-order valence-electron chi connectivity index (χ2n) is 9.30. The summed E-state index contributed by atoms with van der Waals surface area (Å²) in [7, 11) is 0. The van der Waals surface area contributed by atoms with Crippen molar-refractivity contribution in [2.75, 3.05) is 6.54 Å². The van der Waals surface area contributed by atoms with Crippen molar-refractivity contribution in [1.82, 2.24) is 5.32 Å². The van der Waals surface area contributed by atoms with Crippen LogP contribution >= 0.6 is 0 Å². The van der Waals surface area contributed by atoms with Crippen LogP contribution in [0, 0.1) is 13.8 Å². The van der Waals surface area contributed by atoms with Gasteiger partial charge in [-0.15, -0.1) is 0 Å². The van der Waals surface area contributed by atoms with Crippen LogP contribution in [0.1, 0.15) is 114 Å². The second kappa shape index (κ2) is 12.4. The van der Waals surface area contributed by atoms with Gasteiger partial charge in [0.25, 0.3) is 0 Å². The third-order valence-corrected chi connectivity index (χ3v) is 5.72. The summed E-state index contributed by atoms with van der Waals surface area (Å²) in [5, 5.41) is 14.2. The smallest absolute Gasteiger partial charge is 0.122 e. The lowest BCUT2D eigenvalue weighted by atomic mass is 9.82. The van der Waals surface area contributed by atoms with Gasteiger partial charge in [0.05, 0.1) is 0 Å². The van der Waals surface area contributed by atoms with Crippen molar-refractivity contribution < 1.29 is 5.11 Å². The first-order valence-corrected chi connectivity index (χ1v) is 11.3. The third-order valence-electron chi connectivity index (χ3n) is 5.72. The molecule has 0 saturated heterocycles.